The second kappa shape index (κ2) is 8.34. The minimum Gasteiger partial charge on any atom is -0.486 e. The number of rotatable bonds is 7. The summed E-state index contributed by atoms with van der Waals surface area (Å²) in [5.74, 6) is -0.901. The van der Waals surface area contributed by atoms with Crippen LogP contribution in [0.25, 0.3) is 0 Å². The van der Waals surface area contributed by atoms with Gasteiger partial charge in [-0.05, 0) is 36.4 Å². The van der Waals surface area contributed by atoms with Crippen LogP contribution in [0.4, 0.5) is 13.9 Å². The summed E-state index contributed by atoms with van der Waals surface area (Å²) >= 11 is 1.13. The second-order valence-corrected chi connectivity index (χ2v) is 6.07. The van der Waals surface area contributed by atoms with Crippen molar-refractivity contribution in [2.24, 2.45) is 0 Å². The molecule has 0 aliphatic heterocycles. The predicted molar refractivity (Wildman–Crippen MR) is 91.2 cm³/mol. The molecule has 1 amide bonds. The number of anilines is 1. The number of ether oxygens (including phenoxy) is 2. The number of aromatic nitrogens is 2. The molecule has 26 heavy (non-hydrogen) atoms. The van der Waals surface area contributed by atoms with Crippen molar-refractivity contribution in [1.82, 2.24) is 10.2 Å². The van der Waals surface area contributed by atoms with Crippen LogP contribution < -0.4 is 14.8 Å². The Labute approximate surface area is 151 Å². The number of nitrogens with one attached hydrogen (secondary N) is 1. The van der Waals surface area contributed by atoms with Crippen molar-refractivity contribution in [2.75, 3.05) is 11.9 Å². The Bertz CT molecular complexity index is 887. The molecule has 0 fully saturated rings. The van der Waals surface area contributed by atoms with E-state index in [9.17, 15) is 13.6 Å². The number of amides is 1. The largest absolute Gasteiger partial charge is 0.486 e. The third-order valence-electron chi connectivity index (χ3n) is 3.08. The summed E-state index contributed by atoms with van der Waals surface area (Å²) in [7, 11) is 0. The van der Waals surface area contributed by atoms with Crippen molar-refractivity contribution in [1.29, 1.82) is 0 Å². The van der Waals surface area contributed by atoms with Gasteiger partial charge in [0.15, 0.2) is 23.2 Å². The third kappa shape index (κ3) is 4.96. The van der Waals surface area contributed by atoms with Gasteiger partial charge in [-0.3, -0.25) is 10.1 Å². The number of carbonyl (C=O) groups excluding carboxylic acids is 1. The predicted octanol–water partition coefficient (Wildman–Crippen LogP) is 3.41. The Hall–Kier alpha value is -3.07. The molecule has 1 N–H and O–H groups in total. The fourth-order valence-electron chi connectivity index (χ4n) is 1.90. The Morgan fingerprint density at radius 2 is 1.81 bits per heavy atom. The lowest BCUT2D eigenvalue weighted by molar-refractivity contribution is -0.118. The topological polar surface area (TPSA) is 73.3 Å². The van der Waals surface area contributed by atoms with Crippen molar-refractivity contribution >= 4 is 22.4 Å². The first-order valence-corrected chi connectivity index (χ1v) is 8.30. The van der Waals surface area contributed by atoms with E-state index in [1.807, 2.05) is 0 Å². The first-order valence-electron chi connectivity index (χ1n) is 7.48. The molecule has 9 heteroatoms. The molecular weight excluding hydrogens is 364 g/mol. The van der Waals surface area contributed by atoms with Crippen LogP contribution in [-0.4, -0.2) is 22.7 Å². The average molecular weight is 377 g/mol. The van der Waals surface area contributed by atoms with E-state index in [1.54, 1.807) is 6.07 Å². The maximum atomic E-state index is 13.4. The summed E-state index contributed by atoms with van der Waals surface area (Å²) in [5.41, 5.74) is 0. The third-order valence-corrected chi connectivity index (χ3v) is 3.90. The molecule has 3 aromatic rings. The maximum Gasteiger partial charge on any atom is 0.264 e. The molecule has 0 radical (unpaired) electrons. The highest BCUT2D eigenvalue weighted by Gasteiger charge is 2.11. The minimum atomic E-state index is -0.545. The fraction of sp³-hybridized carbons (Fsp3) is 0.118. The van der Waals surface area contributed by atoms with E-state index in [0.717, 1.165) is 11.3 Å². The first-order chi connectivity index (χ1) is 12.6. The molecule has 1 heterocycles. The van der Waals surface area contributed by atoms with Crippen molar-refractivity contribution in [3.63, 3.8) is 0 Å². The molecule has 1 aromatic heterocycles. The number of halogens is 2. The van der Waals surface area contributed by atoms with Crippen LogP contribution in [0.1, 0.15) is 5.01 Å². The van der Waals surface area contributed by atoms with E-state index < -0.39 is 11.7 Å². The van der Waals surface area contributed by atoms with Crippen LogP contribution in [0.3, 0.4) is 0 Å². The quantitative estimate of drug-likeness (QED) is 0.683. The lowest BCUT2D eigenvalue weighted by Crippen LogP contribution is -2.20. The van der Waals surface area contributed by atoms with E-state index in [0.29, 0.717) is 10.8 Å². The van der Waals surface area contributed by atoms with E-state index in [-0.39, 0.29) is 29.9 Å². The Kier molecular flexibility index (Phi) is 5.69. The first kappa shape index (κ1) is 17.7. The van der Waals surface area contributed by atoms with Gasteiger partial charge >= 0.3 is 0 Å². The summed E-state index contributed by atoms with van der Waals surface area (Å²) in [6.45, 7) is -0.229. The van der Waals surface area contributed by atoms with Gasteiger partial charge in [0.1, 0.15) is 18.2 Å². The van der Waals surface area contributed by atoms with Gasteiger partial charge in [0.25, 0.3) is 5.91 Å². The van der Waals surface area contributed by atoms with Crippen molar-refractivity contribution < 1.29 is 23.0 Å². The molecule has 0 saturated heterocycles. The highest BCUT2D eigenvalue weighted by atomic mass is 32.1. The monoisotopic (exact) mass is 377 g/mol. The Morgan fingerprint density at radius 1 is 1.04 bits per heavy atom. The smallest absolute Gasteiger partial charge is 0.264 e. The number of hydrogen-bond donors (Lipinski definition) is 1. The van der Waals surface area contributed by atoms with Crippen molar-refractivity contribution in [3.8, 4) is 11.5 Å². The summed E-state index contributed by atoms with van der Waals surface area (Å²) in [6.07, 6.45) is 0. The van der Waals surface area contributed by atoms with Gasteiger partial charge in [-0.2, -0.15) is 0 Å². The fourth-order valence-corrected chi connectivity index (χ4v) is 2.57. The highest BCUT2D eigenvalue weighted by Crippen LogP contribution is 2.19. The lowest BCUT2D eigenvalue weighted by Gasteiger charge is -2.06. The molecule has 0 saturated carbocycles. The highest BCUT2D eigenvalue weighted by molar-refractivity contribution is 7.15. The second-order valence-electron chi connectivity index (χ2n) is 5.01. The van der Waals surface area contributed by atoms with E-state index in [1.165, 1.54) is 42.5 Å². The molecule has 6 nitrogen and oxygen atoms in total. The number of carbonyl (C=O) groups is 1. The lowest BCUT2D eigenvalue weighted by atomic mass is 10.3. The molecule has 0 aliphatic carbocycles. The van der Waals surface area contributed by atoms with Crippen LogP contribution in [-0.2, 0) is 11.4 Å². The molecule has 0 aliphatic rings. The van der Waals surface area contributed by atoms with Crippen molar-refractivity contribution in [3.05, 3.63) is 65.2 Å². The van der Waals surface area contributed by atoms with Gasteiger partial charge in [0.05, 0.1) is 0 Å². The Morgan fingerprint density at radius 3 is 2.58 bits per heavy atom. The number of benzene rings is 2. The van der Waals surface area contributed by atoms with Crippen LogP contribution in [0.15, 0.2) is 48.5 Å². The number of hydrogen-bond acceptors (Lipinski definition) is 6. The normalized spacial score (nSPS) is 10.4. The summed E-state index contributed by atoms with van der Waals surface area (Å²) in [6, 6.07) is 11.4. The van der Waals surface area contributed by atoms with Gasteiger partial charge in [-0.25, -0.2) is 8.78 Å². The summed E-state index contributed by atoms with van der Waals surface area (Å²) in [4.78, 5) is 11.8. The van der Waals surface area contributed by atoms with Crippen LogP contribution >= 0.6 is 11.3 Å². The van der Waals surface area contributed by atoms with Gasteiger partial charge in [-0.1, -0.05) is 23.5 Å². The minimum absolute atomic E-state index is 0.00620. The Balaban J connectivity index is 1.47. The van der Waals surface area contributed by atoms with Crippen molar-refractivity contribution in [2.45, 2.75) is 6.61 Å². The molecule has 0 unspecified atom stereocenters. The number of nitrogens with zero attached hydrogens (tertiary/aromatic N) is 2. The standard InChI is InChI=1S/C17H13F2N3O3S/c18-11-5-7-12(8-6-11)24-10-16-21-22-17(26-16)20-15(23)9-25-14-4-2-1-3-13(14)19/h1-8H,9-10H2,(H,20,22,23). The van der Waals surface area contributed by atoms with Gasteiger partial charge < -0.3 is 9.47 Å². The zero-order chi connectivity index (χ0) is 18.4. The molecular formula is C17H13F2N3O3S. The summed E-state index contributed by atoms with van der Waals surface area (Å²) in [5, 5.41) is 11.0. The molecule has 134 valence electrons. The molecule has 0 bridgehead atoms. The van der Waals surface area contributed by atoms with Gasteiger partial charge in [0, 0.05) is 0 Å². The SMILES string of the molecule is O=C(COc1ccccc1F)Nc1nnc(COc2ccc(F)cc2)s1. The zero-order valence-corrected chi connectivity index (χ0v) is 14.1. The maximum absolute atomic E-state index is 13.4. The van der Waals surface area contributed by atoms with Gasteiger partial charge in [0.2, 0.25) is 5.13 Å². The molecule has 2 aromatic carbocycles. The van der Waals surface area contributed by atoms with E-state index >= 15 is 0 Å². The molecule has 3 rings (SSSR count). The van der Waals surface area contributed by atoms with E-state index in [2.05, 4.69) is 15.5 Å². The molecule has 0 spiro atoms. The van der Waals surface area contributed by atoms with Crippen LogP contribution in [0, 0.1) is 11.6 Å². The van der Waals surface area contributed by atoms with Crippen LogP contribution in [0.5, 0.6) is 11.5 Å². The van der Waals surface area contributed by atoms with Gasteiger partial charge in [-0.15, -0.1) is 10.2 Å². The number of para-hydroxylation sites is 1. The zero-order valence-electron chi connectivity index (χ0n) is 13.3. The van der Waals surface area contributed by atoms with E-state index in [4.69, 9.17) is 9.47 Å². The molecule has 0 atom stereocenters. The van der Waals surface area contributed by atoms with Crippen LogP contribution in [0.2, 0.25) is 0 Å². The average Bonchev–Trinajstić information content (AvgIpc) is 3.08. The summed E-state index contributed by atoms with van der Waals surface area (Å²) < 4.78 is 36.8.